The third-order valence-corrected chi connectivity index (χ3v) is 5.67. The maximum absolute atomic E-state index is 6.21. The number of nitrogens with two attached hydrogens (primary N) is 1. The van der Waals surface area contributed by atoms with Gasteiger partial charge in [0, 0.05) is 19.6 Å². The summed E-state index contributed by atoms with van der Waals surface area (Å²) in [7, 11) is 0. The van der Waals surface area contributed by atoms with Crippen LogP contribution in [0.5, 0.6) is 5.75 Å². The minimum Gasteiger partial charge on any atom is -0.489 e. The average Bonchev–Trinajstić information content (AvgIpc) is 3.37. The molecule has 0 radical (unpaired) electrons. The van der Waals surface area contributed by atoms with Gasteiger partial charge in [-0.3, -0.25) is 5.84 Å². The molecule has 0 amide bonds. The van der Waals surface area contributed by atoms with Gasteiger partial charge in [0.1, 0.15) is 12.4 Å². The molecule has 1 aliphatic carbocycles. The number of anilines is 1. The van der Waals surface area contributed by atoms with Crippen molar-refractivity contribution in [2.24, 2.45) is 11.8 Å². The largest absolute Gasteiger partial charge is 0.489 e. The minimum absolute atomic E-state index is 0.451. The summed E-state index contributed by atoms with van der Waals surface area (Å²) in [5.74, 6) is 8.64. The number of hydrogen-bond acceptors (Lipinski definition) is 4. The van der Waals surface area contributed by atoms with Gasteiger partial charge in [0.05, 0.1) is 11.7 Å². The first kappa shape index (κ1) is 16.2. The van der Waals surface area contributed by atoms with Crippen molar-refractivity contribution >= 4 is 5.69 Å². The van der Waals surface area contributed by atoms with E-state index in [1.54, 1.807) is 11.1 Å². The molecule has 0 spiro atoms. The third kappa shape index (κ3) is 2.91. The van der Waals surface area contributed by atoms with Crippen LogP contribution in [-0.2, 0) is 12.8 Å². The normalized spacial score (nSPS) is 24.4. The Morgan fingerprint density at radius 3 is 2.71 bits per heavy atom. The first-order valence-corrected chi connectivity index (χ1v) is 9.62. The Morgan fingerprint density at radius 2 is 2.00 bits per heavy atom. The lowest BCUT2D eigenvalue weighted by Crippen LogP contribution is -2.43. The lowest BCUT2D eigenvalue weighted by Gasteiger charge is -2.40. The molecule has 0 bridgehead atoms. The van der Waals surface area contributed by atoms with Gasteiger partial charge in [-0.2, -0.15) is 0 Å². The van der Waals surface area contributed by atoms with Crippen molar-refractivity contribution in [3.63, 3.8) is 0 Å². The second kappa shape index (κ2) is 6.23. The van der Waals surface area contributed by atoms with Crippen LogP contribution >= 0.6 is 0 Å². The maximum Gasteiger partial charge on any atom is 0.143 e. The number of hydrazine groups is 1. The molecule has 2 N–H and O–H groups in total. The molecule has 3 aliphatic rings. The summed E-state index contributed by atoms with van der Waals surface area (Å²) in [4.78, 5) is 2.63. The van der Waals surface area contributed by atoms with Gasteiger partial charge in [0.2, 0.25) is 0 Å². The lowest BCUT2D eigenvalue weighted by molar-refractivity contribution is 0.265. The highest BCUT2D eigenvalue weighted by atomic mass is 16.5. The second-order valence-electron chi connectivity index (χ2n) is 8.29. The maximum atomic E-state index is 6.21. The predicted molar refractivity (Wildman–Crippen MR) is 98.7 cm³/mol. The van der Waals surface area contributed by atoms with E-state index in [1.807, 2.05) is 5.01 Å². The van der Waals surface area contributed by atoms with Gasteiger partial charge in [0.15, 0.2) is 0 Å². The SMILES string of the molecule is CC(C)CN1c2c(cc3c(c2C2CC2)CCN(N)CC3)OC[C@H]1C. The van der Waals surface area contributed by atoms with Crippen molar-refractivity contribution in [1.29, 1.82) is 0 Å². The van der Waals surface area contributed by atoms with Crippen LogP contribution in [0.15, 0.2) is 6.07 Å². The molecule has 4 rings (SSSR count). The summed E-state index contributed by atoms with van der Waals surface area (Å²) in [6.45, 7) is 10.7. The van der Waals surface area contributed by atoms with E-state index >= 15 is 0 Å². The van der Waals surface area contributed by atoms with Crippen molar-refractivity contribution in [3.05, 3.63) is 22.8 Å². The van der Waals surface area contributed by atoms with E-state index in [0.717, 1.165) is 50.8 Å². The van der Waals surface area contributed by atoms with E-state index in [1.165, 1.54) is 24.1 Å². The van der Waals surface area contributed by atoms with E-state index in [4.69, 9.17) is 10.6 Å². The standard InChI is InChI=1S/C20H31N3O/c1-13(2)11-23-14(3)12-24-18-10-16-6-8-22(21)9-7-17(16)19(20(18)23)15-4-5-15/h10,13-15H,4-9,11-12,21H2,1-3H3/t14-/m1/s1. The summed E-state index contributed by atoms with van der Waals surface area (Å²) >= 11 is 0. The van der Waals surface area contributed by atoms with Gasteiger partial charge < -0.3 is 9.64 Å². The molecule has 2 aliphatic heterocycles. The zero-order valence-electron chi connectivity index (χ0n) is 15.3. The molecule has 2 heterocycles. The van der Waals surface area contributed by atoms with Crippen LogP contribution in [0.25, 0.3) is 0 Å². The summed E-state index contributed by atoms with van der Waals surface area (Å²) in [6, 6.07) is 2.78. The van der Waals surface area contributed by atoms with E-state index < -0.39 is 0 Å². The number of nitrogens with zero attached hydrogens (tertiary/aromatic N) is 2. The third-order valence-electron chi connectivity index (χ3n) is 5.67. The van der Waals surface area contributed by atoms with E-state index in [0.29, 0.717) is 12.0 Å². The van der Waals surface area contributed by atoms with E-state index in [9.17, 15) is 0 Å². The van der Waals surface area contributed by atoms with Gasteiger partial charge in [0.25, 0.3) is 0 Å². The molecular formula is C20H31N3O. The molecule has 1 atom stereocenters. The molecular weight excluding hydrogens is 298 g/mol. The molecule has 0 unspecified atom stereocenters. The van der Waals surface area contributed by atoms with Gasteiger partial charge in [-0.05, 0) is 67.2 Å². The molecule has 4 nitrogen and oxygen atoms in total. The number of rotatable bonds is 3. The lowest BCUT2D eigenvalue weighted by atomic mass is 9.90. The second-order valence-corrected chi connectivity index (χ2v) is 8.29. The van der Waals surface area contributed by atoms with Crippen LogP contribution in [-0.4, -0.2) is 37.3 Å². The fraction of sp³-hybridized carbons (Fsp3) is 0.700. The minimum atomic E-state index is 0.451. The van der Waals surface area contributed by atoms with Gasteiger partial charge in [-0.1, -0.05) is 13.8 Å². The van der Waals surface area contributed by atoms with Crippen molar-refractivity contribution in [2.75, 3.05) is 31.1 Å². The Labute approximate surface area is 145 Å². The molecule has 0 saturated heterocycles. The molecule has 0 aromatic heterocycles. The Kier molecular flexibility index (Phi) is 4.21. The number of hydrogen-bond donors (Lipinski definition) is 1. The van der Waals surface area contributed by atoms with Crippen LogP contribution in [0, 0.1) is 5.92 Å². The zero-order valence-corrected chi connectivity index (χ0v) is 15.3. The molecule has 132 valence electrons. The highest BCUT2D eigenvalue weighted by Gasteiger charge is 2.37. The molecule has 4 heteroatoms. The van der Waals surface area contributed by atoms with Crippen LogP contribution in [0.2, 0.25) is 0 Å². The zero-order chi connectivity index (χ0) is 16.8. The van der Waals surface area contributed by atoms with Crippen LogP contribution in [0.1, 0.15) is 56.2 Å². The fourth-order valence-electron chi connectivity index (χ4n) is 4.32. The highest BCUT2D eigenvalue weighted by Crippen LogP contribution is 2.52. The van der Waals surface area contributed by atoms with Crippen LogP contribution < -0.4 is 15.5 Å². The molecule has 1 aromatic carbocycles. The summed E-state index contributed by atoms with van der Waals surface area (Å²) in [5, 5.41) is 1.98. The number of benzene rings is 1. The highest BCUT2D eigenvalue weighted by molar-refractivity contribution is 5.71. The van der Waals surface area contributed by atoms with Crippen LogP contribution in [0.3, 0.4) is 0 Å². The van der Waals surface area contributed by atoms with Gasteiger partial charge >= 0.3 is 0 Å². The number of ether oxygens (including phenoxy) is 1. The van der Waals surface area contributed by atoms with E-state index in [-0.39, 0.29) is 0 Å². The molecule has 1 aromatic rings. The summed E-state index contributed by atoms with van der Waals surface area (Å²) in [5.41, 5.74) is 6.07. The molecule has 24 heavy (non-hydrogen) atoms. The number of fused-ring (bicyclic) bond motifs is 2. The monoisotopic (exact) mass is 329 g/mol. The van der Waals surface area contributed by atoms with Gasteiger partial charge in [-0.25, -0.2) is 5.01 Å². The van der Waals surface area contributed by atoms with Crippen molar-refractivity contribution in [3.8, 4) is 5.75 Å². The van der Waals surface area contributed by atoms with Gasteiger partial charge in [-0.15, -0.1) is 0 Å². The smallest absolute Gasteiger partial charge is 0.143 e. The van der Waals surface area contributed by atoms with Crippen molar-refractivity contribution in [2.45, 2.75) is 58.4 Å². The molecule has 1 fully saturated rings. The first-order valence-electron chi connectivity index (χ1n) is 9.62. The fourth-order valence-corrected chi connectivity index (χ4v) is 4.32. The first-order chi connectivity index (χ1) is 11.5. The predicted octanol–water partition coefficient (Wildman–Crippen LogP) is 3.08. The Bertz CT molecular complexity index is 624. The van der Waals surface area contributed by atoms with Crippen LogP contribution in [0.4, 0.5) is 5.69 Å². The van der Waals surface area contributed by atoms with E-state index in [2.05, 4.69) is 31.7 Å². The summed E-state index contributed by atoms with van der Waals surface area (Å²) in [6.07, 6.45) is 4.79. The Balaban J connectivity index is 1.84. The van der Waals surface area contributed by atoms with Crippen molar-refractivity contribution < 1.29 is 4.74 Å². The Hall–Kier alpha value is -1.26. The van der Waals surface area contributed by atoms with Crippen molar-refractivity contribution in [1.82, 2.24) is 5.01 Å². The molecule has 1 saturated carbocycles. The Morgan fingerprint density at radius 1 is 1.25 bits per heavy atom. The quantitative estimate of drug-likeness (QED) is 0.865. The average molecular weight is 329 g/mol. The topological polar surface area (TPSA) is 41.7 Å². The summed E-state index contributed by atoms with van der Waals surface area (Å²) < 4.78 is 6.21.